The first-order chi connectivity index (χ1) is 12.3. The lowest BCUT2D eigenvalue weighted by molar-refractivity contribution is 0.533. The topological polar surface area (TPSA) is 50.1 Å². The number of nitrogens with zero attached hydrogens (tertiary/aromatic N) is 6. The summed E-state index contributed by atoms with van der Waals surface area (Å²) in [5, 5.41) is 0. The molecule has 128 valence electrons. The van der Waals surface area contributed by atoms with Gasteiger partial charge >= 0.3 is 0 Å². The quantitative estimate of drug-likeness (QED) is 0.736. The van der Waals surface area contributed by atoms with Crippen molar-refractivity contribution in [2.75, 3.05) is 36.0 Å². The van der Waals surface area contributed by atoms with E-state index in [2.05, 4.69) is 66.6 Å². The first-order valence-electron chi connectivity index (χ1n) is 9.04. The molecule has 6 heteroatoms. The summed E-state index contributed by atoms with van der Waals surface area (Å²) < 4.78 is 2.08. The van der Waals surface area contributed by atoms with Crippen LogP contribution < -0.4 is 9.80 Å². The van der Waals surface area contributed by atoms with Gasteiger partial charge in [0.2, 0.25) is 0 Å². The standard InChI is InChI=1S/C19H22N6/c1-2-23-13-22-17-18(23)20-12-21-19(17)25-10-14-8-24(9-15(14)11-25)16-6-4-3-5-7-16/h3-7,12-15H,2,8-11H2,1H3/t14-,15+. The summed E-state index contributed by atoms with van der Waals surface area (Å²) in [6.07, 6.45) is 3.55. The molecule has 2 aliphatic heterocycles. The molecule has 0 amide bonds. The zero-order chi connectivity index (χ0) is 16.8. The first-order valence-corrected chi connectivity index (χ1v) is 9.04. The second-order valence-corrected chi connectivity index (χ2v) is 7.07. The van der Waals surface area contributed by atoms with Gasteiger partial charge in [0.05, 0.1) is 6.33 Å². The maximum Gasteiger partial charge on any atom is 0.165 e. The molecule has 0 bridgehead atoms. The number of benzene rings is 1. The monoisotopic (exact) mass is 334 g/mol. The molecule has 2 aromatic heterocycles. The first kappa shape index (κ1) is 14.7. The van der Waals surface area contributed by atoms with Gasteiger partial charge in [-0.2, -0.15) is 0 Å². The summed E-state index contributed by atoms with van der Waals surface area (Å²) in [7, 11) is 0. The molecule has 0 aliphatic carbocycles. The fourth-order valence-corrected chi connectivity index (χ4v) is 4.35. The summed E-state index contributed by atoms with van der Waals surface area (Å²) in [6, 6.07) is 10.8. The summed E-state index contributed by atoms with van der Waals surface area (Å²) >= 11 is 0. The number of fused-ring (bicyclic) bond motifs is 2. The van der Waals surface area contributed by atoms with Gasteiger partial charge in [-0.25, -0.2) is 15.0 Å². The highest BCUT2D eigenvalue weighted by Crippen LogP contribution is 2.36. The molecule has 0 unspecified atom stereocenters. The maximum absolute atomic E-state index is 4.58. The molecular formula is C19H22N6. The predicted molar refractivity (Wildman–Crippen MR) is 98.8 cm³/mol. The molecule has 5 rings (SSSR count). The Morgan fingerprint density at radius 3 is 2.36 bits per heavy atom. The van der Waals surface area contributed by atoms with Gasteiger partial charge in [-0.15, -0.1) is 0 Å². The largest absolute Gasteiger partial charge is 0.371 e. The van der Waals surface area contributed by atoms with E-state index in [1.54, 1.807) is 6.33 Å². The van der Waals surface area contributed by atoms with E-state index in [9.17, 15) is 0 Å². The van der Waals surface area contributed by atoms with Crippen LogP contribution in [0.5, 0.6) is 0 Å². The molecule has 1 aromatic carbocycles. The number of imidazole rings is 1. The zero-order valence-electron chi connectivity index (χ0n) is 14.4. The van der Waals surface area contributed by atoms with E-state index in [1.807, 2.05) is 6.33 Å². The van der Waals surface area contributed by atoms with Crippen molar-refractivity contribution in [3.05, 3.63) is 43.0 Å². The minimum atomic E-state index is 0.693. The molecule has 0 saturated carbocycles. The van der Waals surface area contributed by atoms with Gasteiger partial charge in [0, 0.05) is 50.2 Å². The van der Waals surface area contributed by atoms with Crippen molar-refractivity contribution in [1.82, 2.24) is 19.5 Å². The second-order valence-electron chi connectivity index (χ2n) is 7.07. The van der Waals surface area contributed by atoms with Crippen LogP contribution in [0.3, 0.4) is 0 Å². The van der Waals surface area contributed by atoms with Crippen molar-refractivity contribution < 1.29 is 0 Å². The molecular weight excluding hydrogens is 312 g/mol. The third-order valence-corrected chi connectivity index (χ3v) is 5.63. The van der Waals surface area contributed by atoms with Crippen LogP contribution in [0.1, 0.15) is 6.92 Å². The van der Waals surface area contributed by atoms with E-state index in [4.69, 9.17) is 0 Å². The molecule has 2 atom stereocenters. The fraction of sp³-hybridized carbons (Fsp3) is 0.421. The van der Waals surface area contributed by atoms with Gasteiger partial charge in [-0.3, -0.25) is 0 Å². The highest BCUT2D eigenvalue weighted by molar-refractivity contribution is 5.83. The van der Waals surface area contributed by atoms with Gasteiger partial charge in [0.1, 0.15) is 6.33 Å². The highest BCUT2D eigenvalue weighted by Gasteiger charge is 2.41. The molecule has 0 radical (unpaired) electrons. The minimum Gasteiger partial charge on any atom is -0.371 e. The highest BCUT2D eigenvalue weighted by atomic mass is 15.3. The number of para-hydroxylation sites is 1. The minimum absolute atomic E-state index is 0.693. The van der Waals surface area contributed by atoms with E-state index in [0.29, 0.717) is 11.8 Å². The van der Waals surface area contributed by atoms with Crippen LogP contribution in [-0.2, 0) is 6.54 Å². The molecule has 0 spiro atoms. The Labute approximate surface area is 147 Å². The van der Waals surface area contributed by atoms with Crippen molar-refractivity contribution in [3.8, 4) is 0 Å². The second kappa shape index (κ2) is 5.72. The lowest BCUT2D eigenvalue weighted by Gasteiger charge is -2.23. The van der Waals surface area contributed by atoms with Crippen LogP contribution in [0, 0.1) is 11.8 Å². The Hall–Kier alpha value is -2.63. The van der Waals surface area contributed by atoms with Gasteiger partial charge in [-0.1, -0.05) is 18.2 Å². The van der Waals surface area contributed by atoms with E-state index in [1.165, 1.54) is 5.69 Å². The third-order valence-electron chi connectivity index (χ3n) is 5.63. The van der Waals surface area contributed by atoms with Gasteiger partial charge in [0.25, 0.3) is 0 Å². The fourth-order valence-electron chi connectivity index (χ4n) is 4.35. The molecule has 25 heavy (non-hydrogen) atoms. The summed E-state index contributed by atoms with van der Waals surface area (Å²) in [5.74, 6) is 2.38. The molecule has 3 aromatic rings. The normalized spacial score (nSPS) is 22.8. The lowest BCUT2D eigenvalue weighted by Crippen LogP contribution is -2.29. The maximum atomic E-state index is 4.58. The van der Waals surface area contributed by atoms with Crippen molar-refractivity contribution in [2.45, 2.75) is 13.5 Å². The molecule has 4 heterocycles. The summed E-state index contributed by atoms with van der Waals surface area (Å²) in [5.41, 5.74) is 3.22. The van der Waals surface area contributed by atoms with Gasteiger partial charge in [0.15, 0.2) is 17.0 Å². The number of aryl methyl sites for hydroxylation is 1. The van der Waals surface area contributed by atoms with Gasteiger partial charge < -0.3 is 14.4 Å². The number of hydrogen-bond acceptors (Lipinski definition) is 5. The number of hydrogen-bond donors (Lipinski definition) is 0. The molecule has 2 saturated heterocycles. The van der Waals surface area contributed by atoms with E-state index in [0.717, 1.165) is 49.7 Å². The summed E-state index contributed by atoms with van der Waals surface area (Å²) in [4.78, 5) is 18.5. The smallest absolute Gasteiger partial charge is 0.165 e. The van der Waals surface area contributed by atoms with Crippen molar-refractivity contribution in [2.24, 2.45) is 11.8 Å². The van der Waals surface area contributed by atoms with Crippen LogP contribution in [0.15, 0.2) is 43.0 Å². The molecule has 0 N–H and O–H groups in total. The van der Waals surface area contributed by atoms with Crippen molar-refractivity contribution in [3.63, 3.8) is 0 Å². The zero-order valence-corrected chi connectivity index (χ0v) is 14.4. The van der Waals surface area contributed by atoms with Crippen LogP contribution in [0.4, 0.5) is 11.5 Å². The van der Waals surface area contributed by atoms with E-state index >= 15 is 0 Å². The third kappa shape index (κ3) is 2.35. The number of anilines is 2. The number of aromatic nitrogens is 4. The molecule has 2 fully saturated rings. The Bertz CT molecular complexity index is 875. The van der Waals surface area contributed by atoms with Crippen molar-refractivity contribution >= 4 is 22.7 Å². The molecule has 6 nitrogen and oxygen atoms in total. The SMILES string of the molecule is CCn1cnc2c(N3C[C@H]4CN(c5ccccc5)C[C@H]4C3)ncnc21. The van der Waals surface area contributed by atoms with Crippen LogP contribution in [0.25, 0.3) is 11.2 Å². The average Bonchev–Trinajstić information content (AvgIpc) is 3.34. The van der Waals surface area contributed by atoms with Crippen molar-refractivity contribution in [1.29, 1.82) is 0 Å². The molecule has 2 aliphatic rings. The van der Waals surface area contributed by atoms with Crippen LogP contribution in [-0.4, -0.2) is 45.7 Å². The van der Waals surface area contributed by atoms with Crippen LogP contribution >= 0.6 is 0 Å². The summed E-state index contributed by atoms with van der Waals surface area (Å²) in [6.45, 7) is 7.36. The lowest BCUT2D eigenvalue weighted by atomic mass is 10.0. The van der Waals surface area contributed by atoms with E-state index in [-0.39, 0.29) is 0 Å². The Balaban J connectivity index is 1.37. The Kier molecular flexibility index (Phi) is 3.36. The van der Waals surface area contributed by atoms with Crippen LogP contribution in [0.2, 0.25) is 0 Å². The van der Waals surface area contributed by atoms with Gasteiger partial charge in [-0.05, 0) is 19.1 Å². The average molecular weight is 334 g/mol. The predicted octanol–water partition coefficient (Wildman–Crippen LogP) is 2.42. The Morgan fingerprint density at radius 1 is 0.920 bits per heavy atom. The van der Waals surface area contributed by atoms with E-state index < -0.39 is 0 Å². The Morgan fingerprint density at radius 2 is 1.64 bits per heavy atom. The number of rotatable bonds is 3.